The van der Waals surface area contributed by atoms with Gasteiger partial charge in [0.1, 0.15) is 0 Å². The van der Waals surface area contributed by atoms with Crippen molar-refractivity contribution < 1.29 is 5.21 Å². The topological polar surface area (TPSA) is 35.8 Å². The maximum absolute atomic E-state index is 8.68. The quantitative estimate of drug-likeness (QED) is 0.383. The van der Waals surface area contributed by atoms with Gasteiger partial charge in [-0.15, -0.1) is 0 Å². The summed E-state index contributed by atoms with van der Waals surface area (Å²) in [5, 5.41) is 12.0. The van der Waals surface area contributed by atoms with Crippen molar-refractivity contribution in [3.05, 3.63) is 0 Å². The van der Waals surface area contributed by atoms with Gasteiger partial charge in [-0.2, -0.15) is 0 Å². The molecule has 0 bridgehead atoms. The second-order valence-corrected chi connectivity index (χ2v) is 5.48. The van der Waals surface area contributed by atoms with Crippen LogP contribution in [0.5, 0.6) is 0 Å². The molecule has 0 aromatic rings. The van der Waals surface area contributed by atoms with E-state index < -0.39 is 0 Å². The third-order valence-electron chi connectivity index (χ3n) is 3.90. The maximum atomic E-state index is 8.68. The summed E-state index contributed by atoms with van der Waals surface area (Å²) in [7, 11) is 0. The fraction of sp³-hybridized carbons (Fsp3) is 0.933. The van der Waals surface area contributed by atoms with Crippen molar-refractivity contribution >= 4 is 5.71 Å². The second-order valence-electron chi connectivity index (χ2n) is 5.48. The lowest BCUT2D eigenvalue weighted by Crippen LogP contribution is -2.34. The molecule has 1 saturated heterocycles. The molecule has 1 aliphatic heterocycles. The molecule has 1 rings (SSSR count). The number of unbranched alkanes of at least 4 members (excludes halogenated alkanes) is 7. The van der Waals surface area contributed by atoms with Crippen LogP contribution in [0.25, 0.3) is 0 Å². The van der Waals surface area contributed by atoms with Crippen LogP contribution < -0.4 is 0 Å². The molecule has 106 valence electrons. The van der Waals surface area contributed by atoms with Crippen LogP contribution >= 0.6 is 0 Å². The first kappa shape index (κ1) is 15.5. The van der Waals surface area contributed by atoms with Crippen LogP contribution in [0.2, 0.25) is 0 Å². The molecule has 18 heavy (non-hydrogen) atoms. The highest BCUT2D eigenvalue weighted by Crippen LogP contribution is 2.11. The van der Waals surface area contributed by atoms with Crippen molar-refractivity contribution in [1.29, 1.82) is 0 Å². The summed E-state index contributed by atoms with van der Waals surface area (Å²) < 4.78 is 0. The van der Waals surface area contributed by atoms with Crippen LogP contribution in [0.1, 0.15) is 71.1 Å². The van der Waals surface area contributed by atoms with Gasteiger partial charge in [0, 0.05) is 25.9 Å². The number of hydrogen-bond donors (Lipinski definition) is 1. The van der Waals surface area contributed by atoms with Crippen molar-refractivity contribution in [2.75, 3.05) is 19.6 Å². The van der Waals surface area contributed by atoms with Crippen LogP contribution in [0.4, 0.5) is 0 Å². The zero-order valence-electron chi connectivity index (χ0n) is 12.0. The molecule has 3 heteroatoms. The van der Waals surface area contributed by atoms with Crippen LogP contribution in [0.3, 0.4) is 0 Å². The van der Waals surface area contributed by atoms with E-state index in [1.165, 1.54) is 57.9 Å². The summed E-state index contributed by atoms with van der Waals surface area (Å²) >= 11 is 0. The Morgan fingerprint density at radius 1 is 0.944 bits per heavy atom. The van der Waals surface area contributed by atoms with E-state index in [-0.39, 0.29) is 0 Å². The summed E-state index contributed by atoms with van der Waals surface area (Å²) in [6.45, 7) is 5.66. The zero-order valence-corrected chi connectivity index (χ0v) is 12.0. The van der Waals surface area contributed by atoms with E-state index in [0.29, 0.717) is 0 Å². The summed E-state index contributed by atoms with van der Waals surface area (Å²) in [6.07, 6.45) is 13.0. The van der Waals surface area contributed by atoms with Gasteiger partial charge in [-0.1, -0.05) is 57.0 Å². The van der Waals surface area contributed by atoms with Crippen molar-refractivity contribution in [1.82, 2.24) is 4.90 Å². The largest absolute Gasteiger partial charge is 0.411 e. The first-order valence-corrected chi connectivity index (χ1v) is 7.79. The van der Waals surface area contributed by atoms with E-state index in [4.69, 9.17) is 5.21 Å². The molecule has 0 radical (unpaired) electrons. The Morgan fingerprint density at radius 2 is 1.50 bits per heavy atom. The number of piperidine rings is 1. The fourth-order valence-electron chi connectivity index (χ4n) is 2.60. The highest BCUT2D eigenvalue weighted by Gasteiger charge is 2.14. The van der Waals surface area contributed by atoms with Crippen LogP contribution in [-0.2, 0) is 0 Å². The molecule has 0 aromatic heterocycles. The van der Waals surface area contributed by atoms with Crippen LogP contribution in [0.15, 0.2) is 5.16 Å². The van der Waals surface area contributed by atoms with Crippen molar-refractivity contribution in [2.24, 2.45) is 5.16 Å². The van der Waals surface area contributed by atoms with Gasteiger partial charge >= 0.3 is 0 Å². The lowest BCUT2D eigenvalue weighted by atomic mass is 10.1. The number of rotatable bonds is 9. The van der Waals surface area contributed by atoms with E-state index in [9.17, 15) is 0 Å². The average Bonchev–Trinajstić information content (AvgIpc) is 2.42. The molecule has 0 aliphatic carbocycles. The Morgan fingerprint density at radius 3 is 2.06 bits per heavy atom. The van der Waals surface area contributed by atoms with Gasteiger partial charge in [0.2, 0.25) is 0 Å². The summed E-state index contributed by atoms with van der Waals surface area (Å²) in [5.74, 6) is 0. The van der Waals surface area contributed by atoms with Gasteiger partial charge in [0.15, 0.2) is 0 Å². The first-order valence-electron chi connectivity index (χ1n) is 7.79. The highest BCUT2D eigenvalue weighted by molar-refractivity contribution is 5.84. The zero-order chi connectivity index (χ0) is 13.1. The van der Waals surface area contributed by atoms with Crippen LogP contribution in [0, 0.1) is 0 Å². The third kappa shape index (κ3) is 7.00. The standard InChI is InChI=1S/C15H30N2O/c1-2-3-4-5-6-7-8-9-12-17-13-10-15(16-18)11-14-17/h18H,2-14H2,1H3. The molecule has 1 fully saturated rings. The van der Waals surface area contributed by atoms with Crippen molar-refractivity contribution in [3.63, 3.8) is 0 Å². The Balaban J connectivity index is 1.86. The lowest BCUT2D eigenvalue weighted by molar-refractivity contribution is 0.257. The minimum atomic E-state index is 0.952. The first-order chi connectivity index (χ1) is 8.86. The van der Waals surface area contributed by atoms with Gasteiger partial charge in [0.05, 0.1) is 5.71 Å². The maximum Gasteiger partial charge on any atom is 0.0596 e. The Hall–Kier alpha value is -0.570. The smallest absolute Gasteiger partial charge is 0.0596 e. The van der Waals surface area contributed by atoms with Gasteiger partial charge in [-0.25, -0.2) is 0 Å². The number of hydrogen-bond acceptors (Lipinski definition) is 3. The average molecular weight is 254 g/mol. The third-order valence-corrected chi connectivity index (χ3v) is 3.90. The molecule has 1 N–H and O–H groups in total. The molecule has 0 aromatic carbocycles. The van der Waals surface area contributed by atoms with E-state index in [2.05, 4.69) is 17.0 Å². The molecule has 0 atom stereocenters. The SMILES string of the molecule is CCCCCCCCCCN1CCC(=NO)CC1. The van der Waals surface area contributed by atoms with E-state index in [1.807, 2.05) is 0 Å². The summed E-state index contributed by atoms with van der Waals surface area (Å²) in [4.78, 5) is 2.51. The van der Waals surface area contributed by atoms with Gasteiger partial charge < -0.3 is 10.1 Å². The Bertz CT molecular complexity index is 219. The van der Waals surface area contributed by atoms with Gasteiger partial charge in [-0.05, 0) is 13.0 Å². The van der Waals surface area contributed by atoms with Gasteiger partial charge in [-0.3, -0.25) is 0 Å². The minimum Gasteiger partial charge on any atom is -0.411 e. The molecule has 0 saturated carbocycles. The van der Waals surface area contributed by atoms with Crippen molar-refractivity contribution in [3.8, 4) is 0 Å². The normalized spacial score (nSPS) is 17.1. The predicted molar refractivity (Wildman–Crippen MR) is 77.5 cm³/mol. The van der Waals surface area contributed by atoms with Crippen LogP contribution in [-0.4, -0.2) is 35.5 Å². The minimum absolute atomic E-state index is 0.952. The fourth-order valence-corrected chi connectivity index (χ4v) is 2.60. The van der Waals surface area contributed by atoms with E-state index in [0.717, 1.165) is 31.6 Å². The molecule has 3 nitrogen and oxygen atoms in total. The summed E-state index contributed by atoms with van der Waals surface area (Å²) in [5.41, 5.74) is 0.974. The predicted octanol–water partition coefficient (Wildman–Crippen LogP) is 4.05. The molecule has 0 spiro atoms. The Labute approximate surface area is 112 Å². The van der Waals surface area contributed by atoms with E-state index >= 15 is 0 Å². The molecule has 1 heterocycles. The second kappa shape index (κ2) is 10.4. The monoisotopic (exact) mass is 254 g/mol. The lowest BCUT2D eigenvalue weighted by Gasteiger charge is -2.26. The number of nitrogens with zero attached hydrogens (tertiary/aromatic N) is 2. The molecule has 0 unspecified atom stereocenters. The van der Waals surface area contributed by atoms with Gasteiger partial charge in [0.25, 0.3) is 0 Å². The highest BCUT2D eigenvalue weighted by atomic mass is 16.4. The van der Waals surface area contributed by atoms with E-state index in [1.54, 1.807) is 0 Å². The molecular weight excluding hydrogens is 224 g/mol. The van der Waals surface area contributed by atoms with Crippen molar-refractivity contribution in [2.45, 2.75) is 71.1 Å². The Kier molecular flexibility index (Phi) is 8.92. The summed E-state index contributed by atoms with van der Waals surface area (Å²) in [6, 6.07) is 0. The number of oxime groups is 1. The number of likely N-dealkylation sites (tertiary alicyclic amines) is 1. The molecule has 1 aliphatic rings. The molecular formula is C15H30N2O. The molecule has 0 amide bonds.